The number of esters is 2. The lowest BCUT2D eigenvalue weighted by molar-refractivity contribution is -0.0500. The Morgan fingerprint density at radius 2 is 1.25 bits per heavy atom. The molecule has 0 heterocycles. The smallest absolute Gasteiger partial charge is 0.494 e. The first-order valence-corrected chi connectivity index (χ1v) is 18.0. The molecule has 0 aromatic heterocycles. The molecule has 280 valence electrons. The number of hydrogen-bond acceptors (Lipinski definition) is 8. The van der Waals surface area contributed by atoms with E-state index < -0.39 is 38.7 Å². The lowest BCUT2D eigenvalue weighted by Crippen LogP contribution is -2.28. The third-order valence-corrected chi connectivity index (χ3v) is 10.1. The van der Waals surface area contributed by atoms with Gasteiger partial charge in [-0.05, 0) is 114 Å². The summed E-state index contributed by atoms with van der Waals surface area (Å²) in [5.41, 5.74) is -1.50. The number of ether oxygens (including phenoxy) is 3. The van der Waals surface area contributed by atoms with Crippen LogP contribution in [0.2, 0.25) is 0 Å². The van der Waals surface area contributed by atoms with Gasteiger partial charge in [0.2, 0.25) is 0 Å². The molecule has 0 spiro atoms. The monoisotopic (exact) mass is 746 g/mol. The standard InChI is InChI=1S/C23H25FO3.C16H17F3O5S/c1-5-27-16-9-11-21(24)19(14-16)17-10-8-15(22(25)26-4)13-18(17)20-7-6-12-23(20,2)3;1-15(2)8-4-5-12(15)11-9-10(14(20)23-3)6-7-13(11)24-25(21,22)16(17,18)19/h7-11,13-14H,5-6,12H2,1-4H3;5-7,9H,4,8H2,1-3H3. The number of hydrogen-bond donors (Lipinski definition) is 0. The zero-order chi connectivity index (χ0) is 38.6. The Kier molecular flexibility index (Phi) is 12.0. The predicted octanol–water partition coefficient (Wildman–Crippen LogP) is 9.79. The molecule has 0 bridgehead atoms. The Hall–Kier alpha value is -4.65. The molecule has 3 aromatic carbocycles. The van der Waals surface area contributed by atoms with Gasteiger partial charge in [0.15, 0.2) is 5.75 Å². The van der Waals surface area contributed by atoms with E-state index >= 15 is 0 Å². The first kappa shape index (κ1) is 40.1. The molecule has 5 rings (SSSR count). The summed E-state index contributed by atoms with van der Waals surface area (Å²) >= 11 is 0. The zero-order valence-corrected chi connectivity index (χ0v) is 30.9. The fourth-order valence-electron chi connectivity index (χ4n) is 6.36. The maximum absolute atomic E-state index is 14.7. The van der Waals surface area contributed by atoms with Crippen molar-refractivity contribution in [2.75, 3.05) is 20.8 Å². The maximum Gasteiger partial charge on any atom is 0.534 e. The van der Waals surface area contributed by atoms with E-state index in [-0.39, 0.29) is 22.4 Å². The van der Waals surface area contributed by atoms with Crippen molar-refractivity contribution in [1.82, 2.24) is 0 Å². The molecule has 2 aliphatic rings. The molecule has 2 aliphatic carbocycles. The molecule has 0 saturated heterocycles. The number of rotatable bonds is 9. The van der Waals surface area contributed by atoms with Gasteiger partial charge in [0.1, 0.15) is 11.6 Å². The first-order chi connectivity index (χ1) is 24.3. The SMILES string of the molecule is CCOc1ccc(F)c(-c2ccc(C(=O)OC)cc2C2=CCCC2(C)C)c1.COC(=O)c1ccc(OS(=O)(=O)C(F)(F)F)c(C2=CCCC2(C)C)c1. The third kappa shape index (κ3) is 8.68. The number of halogens is 4. The number of carbonyl (C=O) groups excluding carboxylic acids is 2. The summed E-state index contributed by atoms with van der Waals surface area (Å²) < 4.78 is 94.7. The summed E-state index contributed by atoms with van der Waals surface area (Å²) in [7, 11) is -3.30. The fraction of sp³-hybridized carbons (Fsp3) is 0.385. The van der Waals surface area contributed by atoms with Crippen LogP contribution in [0.5, 0.6) is 11.5 Å². The van der Waals surface area contributed by atoms with Crippen LogP contribution in [0.1, 0.15) is 92.1 Å². The van der Waals surface area contributed by atoms with E-state index in [1.165, 1.54) is 26.4 Å². The maximum atomic E-state index is 14.7. The zero-order valence-electron chi connectivity index (χ0n) is 30.1. The highest BCUT2D eigenvalue weighted by Crippen LogP contribution is 2.49. The molecule has 0 radical (unpaired) electrons. The minimum Gasteiger partial charge on any atom is -0.494 e. The van der Waals surface area contributed by atoms with Crippen molar-refractivity contribution in [3.63, 3.8) is 0 Å². The predicted molar refractivity (Wildman–Crippen MR) is 190 cm³/mol. The number of benzene rings is 3. The second kappa shape index (κ2) is 15.5. The average molecular weight is 747 g/mol. The van der Waals surface area contributed by atoms with Gasteiger partial charge in [-0.15, -0.1) is 0 Å². The molecule has 3 aromatic rings. The molecule has 0 aliphatic heterocycles. The van der Waals surface area contributed by atoms with Crippen LogP contribution in [0.4, 0.5) is 17.6 Å². The van der Waals surface area contributed by atoms with Crippen molar-refractivity contribution in [2.45, 2.75) is 65.8 Å². The van der Waals surface area contributed by atoms with Crippen molar-refractivity contribution in [3.05, 3.63) is 94.8 Å². The first-order valence-electron chi connectivity index (χ1n) is 16.6. The quantitative estimate of drug-likeness (QED) is 0.0923. The summed E-state index contributed by atoms with van der Waals surface area (Å²) in [5.74, 6) is -1.27. The molecule has 0 N–H and O–H groups in total. The Morgan fingerprint density at radius 3 is 1.73 bits per heavy atom. The molecule has 0 saturated carbocycles. The van der Waals surface area contributed by atoms with E-state index in [9.17, 15) is 35.6 Å². The topological polar surface area (TPSA) is 105 Å². The summed E-state index contributed by atoms with van der Waals surface area (Å²) in [5, 5.41) is 0. The van der Waals surface area contributed by atoms with Gasteiger partial charge in [0.05, 0.1) is 32.0 Å². The van der Waals surface area contributed by atoms with Crippen LogP contribution in [-0.4, -0.2) is 46.7 Å². The van der Waals surface area contributed by atoms with Crippen molar-refractivity contribution in [1.29, 1.82) is 0 Å². The van der Waals surface area contributed by atoms with Crippen molar-refractivity contribution >= 4 is 33.2 Å². The molecule has 13 heteroatoms. The van der Waals surface area contributed by atoms with Crippen molar-refractivity contribution in [3.8, 4) is 22.6 Å². The van der Waals surface area contributed by atoms with Gasteiger partial charge >= 0.3 is 27.6 Å². The Balaban J connectivity index is 0.000000234. The van der Waals surface area contributed by atoms with E-state index in [2.05, 4.69) is 28.8 Å². The second-order valence-electron chi connectivity index (χ2n) is 13.6. The van der Waals surface area contributed by atoms with Gasteiger partial charge in [0, 0.05) is 11.1 Å². The van der Waals surface area contributed by atoms with Crippen LogP contribution in [0.25, 0.3) is 22.3 Å². The van der Waals surface area contributed by atoms with Crippen LogP contribution in [0.15, 0.2) is 66.7 Å². The van der Waals surface area contributed by atoms with Crippen LogP contribution in [-0.2, 0) is 19.6 Å². The van der Waals surface area contributed by atoms with Gasteiger partial charge in [-0.1, -0.05) is 45.9 Å². The third-order valence-electron chi connectivity index (χ3n) is 9.14. The van der Waals surface area contributed by atoms with Gasteiger partial charge in [-0.3, -0.25) is 0 Å². The van der Waals surface area contributed by atoms with Gasteiger partial charge in [-0.25, -0.2) is 14.0 Å². The van der Waals surface area contributed by atoms with Crippen LogP contribution in [0, 0.1) is 16.6 Å². The Labute approximate surface area is 301 Å². The molecule has 0 fully saturated rings. The second-order valence-corrected chi connectivity index (χ2v) is 15.1. The minimum absolute atomic E-state index is 0.0441. The molecular weight excluding hydrogens is 704 g/mol. The minimum atomic E-state index is -5.82. The fourth-order valence-corrected chi connectivity index (χ4v) is 6.84. The van der Waals surface area contributed by atoms with E-state index in [0.29, 0.717) is 35.5 Å². The number of carbonyl (C=O) groups is 2. The highest BCUT2D eigenvalue weighted by molar-refractivity contribution is 7.88. The molecule has 8 nitrogen and oxygen atoms in total. The van der Waals surface area contributed by atoms with Crippen LogP contribution < -0.4 is 8.92 Å². The number of alkyl halides is 3. The number of allylic oxidation sites excluding steroid dienone is 4. The van der Waals surface area contributed by atoms with Gasteiger partial charge < -0.3 is 18.4 Å². The average Bonchev–Trinajstić information content (AvgIpc) is 3.63. The number of methoxy groups -OCH3 is 2. The summed E-state index contributed by atoms with van der Waals surface area (Å²) in [6.45, 7) is 10.5. The summed E-state index contributed by atoms with van der Waals surface area (Å²) in [6.07, 6.45) is 7.37. The Bertz CT molecular complexity index is 2010. The van der Waals surface area contributed by atoms with E-state index in [4.69, 9.17) is 9.47 Å². The van der Waals surface area contributed by atoms with Gasteiger partial charge in [0.25, 0.3) is 0 Å². The normalized spacial score (nSPS) is 16.2. The molecule has 0 unspecified atom stereocenters. The van der Waals surface area contributed by atoms with E-state index in [0.717, 1.165) is 48.1 Å². The van der Waals surface area contributed by atoms with Gasteiger partial charge in [-0.2, -0.15) is 21.6 Å². The Morgan fingerprint density at radius 1 is 0.731 bits per heavy atom. The lowest BCUT2D eigenvalue weighted by atomic mass is 9.79. The summed E-state index contributed by atoms with van der Waals surface area (Å²) in [4.78, 5) is 23.8. The lowest BCUT2D eigenvalue weighted by Gasteiger charge is -2.25. The molecule has 0 atom stereocenters. The molecule has 0 amide bonds. The molecule has 52 heavy (non-hydrogen) atoms. The molecular formula is C39H42F4O8S. The highest BCUT2D eigenvalue weighted by Gasteiger charge is 2.49. The van der Waals surface area contributed by atoms with E-state index in [1.54, 1.807) is 30.3 Å². The van der Waals surface area contributed by atoms with Crippen LogP contribution >= 0.6 is 0 Å². The van der Waals surface area contributed by atoms with Crippen LogP contribution in [0.3, 0.4) is 0 Å². The van der Waals surface area contributed by atoms with E-state index in [1.807, 2.05) is 26.8 Å². The van der Waals surface area contributed by atoms with Crippen molar-refractivity contribution < 1.29 is 54.0 Å². The van der Waals surface area contributed by atoms with Crippen molar-refractivity contribution in [2.24, 2.45) is 10.8 Å². The largest absolute Gasteiger partial charge is 0.534 e. The highest BCUT2D eigenvalue weighted by atomic mass is 32.2. The summed E-state index contributed by atoms with van der Waals surface area (Å²) in [6, 6.07) is 13.5.